The Labute approximate surface area is 368 Å². The van der Waals surface area contributed by atoms with Gasteiger partial charge in [0.15, 0.2) is 0 Å². The van der Waals surface area contributed by atoms with Crippen LogP contribution in [0.25, 0.3) is 33.4 Å². The van der Waals surface area contributed by atoms with Gasteiger partial charge >= 0.3 is 346 Å². The van der Waals surface area contributed by atoms with Gasteiger partial charge in [0.2, 0.25) is 0 Å². The summed E-state index contributed by atoms with van der Waals surface area (Å²) in [5, 5.41) is 0. The fraction of sp³-hybridized carbons (Fsp3) is 0.255. The molecule has 0 spiro atoms. The van der Waals surface area contributed by atoms with E-state index in [0.29, 0.717) is 3.63 Å². The van der Waals surface area contributed by atoms with Gasteiger partial charge in [0.05, 0.1) is 0 Å². The molecule has 0 unspecified atom stereocenters. The summed E-state index contributed by atoms with van der Waals surface area (Å²) in [4.78, 5) is 0. The van der Waals surface area contributed by atoms with Crippen molar-refractivity contribution in [3.63, 3.8) is 0 Å². The van der Waals surface area contributed by atoms with E-state index in [1.807, 2.05) is 0 Å². The third-order valence-electron chi connectivity index (χ3n) is 12.2. The Bertz CT molecular complexity index is 2470. The SMILES string of the molecule is CC(C)(C)c1cc2c(cc1-c1ccccc1)Cc1c-2cc(C(C)(C)C)c(-c2ccccc2)[c]1[Zr+2](=[C](Cc1ccccc1)C(C)(C)c1ccccc1)[CH]1C=CC=C1.[Cl-].[Cl-]. The average molecular weight is 879 g/mol. The van der Waals surface area contributed by atoms with E-state index in [4.69, 9.17) is 0 Å². The summed E-state index contributed by atoms with van der Waals surface area (Å²) in [5.41, 5.74) is 16.9. The zero-order valence-corrected chi connectivity index (χ0v) is 39.3. The number of rotatable bonds is 8. The molecule has 2 aliphatic rings. The summed E-state index contributed by atoms with van der Waals surface area (Å²) >= 11 is -3.00. The van der Waals surface area contributed by atoms with E-state index in [2.05, 4.69) is 219 Å². The predicted molar refractivity (Wildman–Crippen MR) is 239 cm³/mol. The molecule has 58 heavy (non-hydrogen) atoms. The molecule has 0 N–H and O–H groups in total. The molecule has 0 saturated heterocycles. The summed E-state index contributed by atoms with van der Waals surface area (Å²) in [5.74, 6) is 0. The second kappa shape index (κ2) is 17.4. The number of hydrogen-bond acceptors (Lipinski definition) is 0. The predicted octanol–water partition coefficient (Wildman–Crippen LogP) is 7.75. The molecule has 2 aliphatic carbocycles. The molecule has 0 nitrogen and oxygen atoms in total. The molecule has 0 atom stereocenters. The number of halogens is 2. The van der Waals surface area contributed by atoms with Crippen LogP contribution in [0, 0.1) is 0 Å². The third kappa shape index (κ3) is 8.43. The molecule has 294 valence electrons. The van der Waals surface area contributed by atoms with E-state index >= 15 is 0 Å². The van der Waals surface area contributed by atoms with E-state index in [0.717, 1.165) is 12.8 Å². The smallest absolute Gasteiger partial charge is 1.00 e. The van der Waals surface area contributed by atoms with Crippen LogP contribution < -0.4 is 28.1 Å². The van der Waals surface area contributed by atoms with E-state index in [1.165, 1.54) is 61.2 Å². The molecule has 0 aromatic heterocycles. The summed E-state index contributed by atoms with van der Waals surface area (Å²) in [6, 6.07) is 53.0. The maximum atomic E-state index is 2.63. The first kappa shape index (κ1) is 43.7. The van der Waals surface area contributed by atoms with Crippen molar-refractivity contribution in [2.45, 2.75) is 88.1 Å². The fourth-order valence-corrected chi connectivity index (χ4v) is 19.0. The zero-order valence-electron chi connectivity index (χ0n) is 35.3. The standard InChI is InChI=1S/C33H33.C17H18.C5H5.2ClH.Zr/c1-32(2,3)30-20-26-24(18-28(30)22-13-9-7-10-14-22)17-25-19-29(23-15-11-8-12-16-23)31(21-27(25)26)33(4,5)6;1-17(2,16-11-7-4-8-12-16)14-13-15-9-5-3-6-10-15;1-2-4-5-3-1;;;/h7-16,18,20-21H,17H2,1-6H3;3-12H,13H2,1-2H3;1-5H;2*1H;/q;;;;;+2/p-2. The Morgan fingerprint density at radius 2 is 1.05 bits per heavy atom. The van der Waals surface area contributed by atoms with Crippen LogP contribution in [0.3, 0.4) is 0 Å². The van der Waals surface area contributed by atoms with E-state index < -0.39 is 21.3 Å². The molecular formula is C55H56Cl2Zr. The van der Waals surface area contributed by atoms with Crippen LogP contribution >= 0.6 is 0 Å². The molecule has 0 radical (unpaired) electrons. The Morgan fingerprint density at radius 1 is 0.552 bits per heavy atom. The molecule has 0 amide bonds. The minimum atomic E-state index is -3.00. The topological polar surface area (TPSA) is 0 Å². The normalized spacial score (nSPS) is 13.7. The molecule has 0 bridgehead atoms. The van der Waals surface area contributed by atoms with Crippen molar-refractivity contribution in [1.29, 1.82) is 0 Å². The van der Waals surface area contributed by atoms with Gasteiger partial charge in [-0.1, -0.05) is 0 Å². The van der Waals surface area contributed by atoms with Gasteiger partial charge in [-0.25, -0.2) is 0 Å². The van der Waals surface area contributed by atoms with Crippen LogP contribution in [0.4, 0.5) is 0 Å². The number of hydrogen-bond donors (Lipinski definition) is 0. The molecule has 0 saturated carbocycles. The third-order valence-corrected chi connectivity index (χ3v) is 21.1. The fourth-order valence-electron chi connectivity index (χ4n) is 9.28. The Morgan fingerprint density at radius 3 is 1.60 bits per heavy atom. The molecule has 8 rings (SSSR count). The van der Waals surface area contributed by atoms with Crippen LogP contribution in [0.15, 0.2) is 164 Å². The second-order valence-corrected chi connectivity index (χ2v) is 24.9. The first-order chi connectivity index (χ1) is 26.8. The molecule has 0 heterocycles. The van der Waals surface area contributed by atoms with Gasteiger partial charge in [-0.05, 0) is 0 Å². The van der Waals surface area contributed by atoms with Gasteiger partial charge in [0, 0.05) is 0 Å². The van der Waals surface area contributed by atoms with Gasteiger partial charge in [-0.3, -0.25) is 0 Å². The average Bonchev–Trinajstić information content (AvgIpc) is 3.86. The molecule has 6 aromatic carbocycles. The summed E-state index contributed by atoms with van der Waals surface area (Å²) in [6.45, 7) is 19.5. The maximum Gasteiger partial charge on any atom is -1.00 e. The molecular weight excluding hydrogens is 823 g/mol. The van der Waals surface area contributed by atoms with Crippen molar-refractivity contribution < 1.29 is 46.1 Å². The quantitative estimate of drug-likeness (QED) is 0.147. The van der Waals surface area contributed by atoms with E-state index in [1.54, 1.807) is 12.0 Å². The van der Waals surface area contributed by atoms with Gasteiger partial charge in [0.1, 0.15) is 0 Å². The van der Waals surface area contributed by atoms with Crippen molar-refractivity contribution in [2.24, 2.45) is 0 Å². The Balaban J connectivity index is 0.00000283. The zero-order chi connectivity index (χ0) is 39.2. The largest absolute Gasteiger partial charge is 1.00 e. The Kier molecular flexibility index (Phi) is 13.1. The van der Waals surface area contributed by atoms with Crippen molar-refractivity contribution in [2.75, 3.05) is 0 Å². The van der Waals surface area contributed by atoms with Crippen molar-refractivity contribution in [3.8, 4) is 33.4 Å². The Hall–Kier alpha value is -3.87. The summed E-state index contributed by atoms with van der Waals surface area (Å²) in [7, 11) is 0. The second-order valence-electron chi connectivity index (χ2n) is 18.5. The van der Waals surface area contributed by atoms with E-state index in [-0.39, 0.29) is 41.1 Å². The van der Waals surface area contributed by atoms with Crippen LogP contribution in [-0.2, 0) is 50.4 Å². The summed E-state index contributed by atoms with van der Waals surface area (Å²) in [6.07, 6.45) is 11.7. The molecule has 0 aliphatic heterocycles. The van der Waals surface area contributed by atoms with Crippen LogP contribution in [0.1, 0.15) is 88.8 Å². The van der Waals surface area contributed by atoms with Crippen LogP contribution in [0.2, 0.25) is 3.63 Å². The number of fused-ring (bicyclic) bond motifs is 3. The molecule has 6 aromatic rings. The monoisotopic (exact) mass is 876 g/mol. The first-order valence-electron chi connectivity index (χ1n) is 20.5. The minimum absolute atomic E-state index is 0. The molecule has 3 heteroatoms. The van der Waals surface area contributed by atoms with Gasteiger partial charge in [0.25, 0.3) is 0 Å². The molecule has 0 fully saturated rings. The van der Waals surface area contributed by atoms with Crippen molar-refractivity contribution in [3.05, 3.63) is 197 Å². The maximum absolute atomic E-state index is 3.00. The van der Waals surface area contributed by atoms with Gasteiger partial charge < -0.3 is 24.8 Å². The number of allylic oxidation sites excluding steroid dienone is 4. The first-order valence-corrected chi connectivity index (χ1v) is 24.4. The number of benzene rings is 6. The van der Waals surface area contributed by atoms with Gasteiger partial charge in [-0.15, -0.1) is 0 Å². The van der Waals surface area contributed by atoms with Crippen LogP contribution in [-0.4, -0.2) is 3.21 Å². The van der Waals surface area contributed by atoms with E-state index in [9.17, 15) is 0 Å². The van der Waals surface area contributed by atoms with Gasteiger partial charge in [-0.2, -0.15) is 0 Å². The van der Waals surface area contributed by atoms with Crippen LogP contribution in [0.5, 0.6) is 0 Å². The van der Waals surface area contributed by atoms with Crippen molar-refractivity contribution >= 4 is 6.48 Å². The summed E-state index contributed by atoms with van der Waals surface area (Å²) < 4.78 is 3.86. The van der Waals surface area contributed by atoms with Crippen molar-refractivity contribution in [1.82, 2.24) is 0 Å². The minimum Gasteiger partial charge on any atom is -1.00 e.